The molecular formula is C76H126NO8P. The van der Waals surface area contributed by atoms with Gasteiger partial charge in [0.05, 0.1) is 27.7 Å². The van der Waals surface area contributed by atoms with E-state index in [4.69, 9.17) is 18.5 Å². The third-order valence-electron chi connectivity index (χ3n) is 14.0. The third kappa shape index (κ3) is 68.7. The summed E-state index contributed by atoms with van der Waals surface area (Å²) in [6.07, 6.45) is 97.4. The Morgan fingerprint density at radius 2 is 0.628 bits per heavy atom. The van der Waals surface area contributed by atoms with Gasteiger partial charge in [0, 0.05) is 12.8 Å². The smallest absolute Gasteiger partial charge is 0.306 e. The van der Waals surface area contributed by atoms with Crippen molar-refractivity contribution in [2.75, 3.05) is 47.5 Å². The van der Waals surface area contributed by atoms with Crippen molar-refractivity contribution in [2.45, 2.75) is 264 Å². The molecule has 86 heavy (non-hydrogen) atoms. The van der Waals surface area contributed by atoms with Crippen LogP contribution in [-0.2, 0) is 32.7 Å². The van der Waals surface area contributed by atoms with E-state index in [0.717, 1.165) is 135 Å². The maximum absolute atomic E-state index is 12.9. The van der Waals surface area contributed by atoms with Gasteiger partial charge in [-0.2, -0.15) is 0 Å². The average Bonchev–Trinajstić information content (AvgIpc) is 3.70. The number of esters is 2. The van der Waals surface area contributed by atoms with Gasteiger partial charge >= 0.3 is 11.9 Å². The molecule has 2 atom stereocenters. The molecule has 0 aromatic carbocycles. The van der Waals surface area contributed by atoms with Gasteiger partial charge in [-0.1, -0.05) is 281 Å². The monoisotopic (exact) mass is 1210 g/mol. The van der Waals surface area contributed by atoms with Crippen LogP contribution < -0.4 is 4.89 Å². The lowest BCUT2D eigenvalue weighted by Crippen LogP contribution is -2.37. The van der Waals surface area contributed by atoms with Crippen LogP contribution in [0.3, 0.4) is 0 Å². The number of likely N-dealkylation sites (N-methyl/N-ethyl adjacent to an activating group) is 1. The summed E-state index contributed by atoms with van der Waals surface area (Å²) < 4.78 is 34.3. The predicted octanol–water partition coefficient (Wildman–Crippen LogP) is 21.7. The van der Waals surface area contributed by atoms with Gasteiger partial charge in [-0.3, -0.25) is 14.2 Å². The lowest BCUT2D eigenvalue weighted by atomic mass is 10.0. The Balaban J connectivity index is 4.16. The van der Waals surface area contributed by atoms with Crippen LogP contribution in [0.15, 0.2) is 158 Å². The van der Waals surface area contributed by atoms with Crippen molar-refractivity contribution in [3.63, 3.8) is 0 Å². The predicted molar refractivity (Wildman–Crippen MR) is 369 cm³/mol. The van der Waals surface area contributed by atoms with Gasteiger partial charge in [0.2, 0.25) is 0 Å². The van der Waals surface area contributed by atoms with Gasteiger partial charge in [-0.05, 0) is 122 Å². The molecule has 0 aliphatic rings. The van der Waals surface area contributed by atoms with Crippen molar-refractivity contribution in [3.05, 3.63) is 158 Å². The van der Waals surface area contributed by atoms with E-state index in [2.05, 4.69) is 172 Å². The Bertz CT molecular complexity index is 2010. The number of quaternary nitrogens is 1. The Labute approximate surface area is 528 Å². The average molecular weight is 1210 g/mol. The number of rotatable bonds is 61. The van der Waals surface area contributed by atoms with Gasteiger partial charge in [0.1, 0.15) is 19.8 Å². The fourth-order valence-electron chi connectivity index (χ4n) is 8.88. The molecule has 488 valence electrons. The first-order valence-corrected chi connectivity index (χ1v) is 35.7. The molecule has 0 aliphatic carbocycles. The molecule has 0 saturated carbocycles. The number of hydrogen-bond acceptors (Lipinski definition) is 8. The van der Waals surface area contributed by atoms with E-state index in [0.29, 0.717) is 17.4 Å². The molecule has 10 heteroatoms. The Kier molecular flexibility index (Phi) is 61.8. The number of carbonyl (C=O) groups excluding carboxylic acids is 2. The summed E-state index contributed by atoms with van der Waals surface area (Å²) in [4.78, 5) is 38.1. The summed E-state index contributed by atoms with van der Waals surface area (Å²) in [5.41, 5.74) is 0. The Morgan fingerprint density at radius 3 is 0.930 bits per heavy atom. The highest BCUT2D eigenvalue weighted by molar-refractivity contribution is 7.45. The van der Waals surface area contributed by atoms with Crippen LogP contribution in [-0.4, -0.2) is 70.0 Å². The van der Waals surface area contributed by atoms with E-state index in [9.17, 15) is 19.0 Å². The molecule has 9 nitrogen and oxygen atoms in total. The quantitative estimate of drug-likeness (QED) is 0.0195. The normalized spacial score (nSPS) is 14.2. The summed E-state index contributed by atoms with van der Waals surface area (Å²) in [5.74, 6) is -0.861. The molecule has 0 spiro atoms. The minimum Gasteiger partial charge on any atom is -0.756 e. The highest BCUT2D eigenvalue weighted by Crippen LogP contribution is 2.38. The molecular weight excluding hydrogens is 1090 g/mol. The fourth-order valence-corrected chi connectivity index (χ4v) is 9.60. The van der Waals surface area contributed by atoms with Crippen molar-refractivity contribution in [2.24, 2.45) is 0 Å². The van der Waals surface area contributed by atoms with Crippen LogP contribution >= 0.6 is 7.82 Å². The van der Waals surface area contributed by atoms with Crippen LogP contribution in [0.1, 0.15) is 258 Å². The van der Waals surface area contributed by atoms with Crippen molar-refractivity contribution in [1.82, 2.24) is 0 Å². The molecule has 0 bridgehead atoms. The number of hydrogen-bond donors (Lipinski definition) is 0. The number of allylic oxidation sites excluding steroid dienone is 26. The highest BCUT2D eigenvalue weighted by Gasteiger charge is 2.22. The van der Waals surface area contributed by atoms with E-state index in [1.54, 1.807) is 0 Å². The van der Waals surface area contributed by atoms with E-state index in [1.807, 2.05) is 21.1 Å². The van der Waals surface area contributed by atoms with Crippen molar-refractivity contribution in [3.8, 4) is 0 Å². The van der Waals surface area contributed by atoms with Crippen molar-refractivity contribution >= 4 is 19.8 Å². The van der Waals surface area contributed by atoms with Gasteiger partial charge in [-0.15, -0.1) is 0 Å². The summed E-state index contributed by atoms with van der Waals surface area (Å²) >= 11 is 0. The van der Waals surface area contributed by atoms with Gasteiger partial charge in [0.15, 0.2) is 6.10 Å². The first-order chi connectivity index (χ1) is 42.0. The van der Waals surface area contributed by atoms with Gasteiger partial charge in [0.25, 0.3) is 7.82 Å². The van der Waals surface area contributed by atoms with Crippen LogP contribution in [0, 0.1) is 0 Å². The molecule has 0 aromatic rings. The summed E-state index contributed by atoms with van der Waals surface area (Å²) in [7, 11) is 1.13. The van der Waals surface area contributed by atoms with Crippen molar-refractivity contribution in [1.29, 1.82) is 0 Å². The number of phosphoric acid groups is 1. The first-order valence-electron chi connectivity index (χ1n) is 34.2. The zero-order chi connectivity index (χ0) is 62.6. The summed E-state index contributed by atoms with van der Waals surface area (Å²) in [6.45, 7) is 3.99. The van der Waals surface area contributed by atoms with Crippen molar-refractivity contribution < 1.29 is 42.1 Å². The lowest BCUT2D eigenvalue weighted by Gasteiger charge is -2.28. The number of ether oxygens (including phenoxy) is 2. The first kappa shape index (κ1) is 81.6. The minimum absolute atomic E-state index is 0.0427. The van der Waals surface area contributed by atoms with Crippen LogP contribution in [0.2, 0.25) is 0 Å². The number of nitrogens with zero attached hydrogens (tertiary/aromatic N) is 1. The van der Waals surface area contributed by atoms with Gasteiger partial charge < -0.3 is 27.9 Å². The maximum atomic E-state index is 12.9. The molecule has 0 N–H and O–H groups in total. The third-order valence-corrected chi connectivity index (χ3v) is 15.0. The molecule has 0 saturated heterocycles. The second-order valence-corrected chi connectivity index (χ2v) is 24.8. The van der Waals surface area contributed by atoms with E-state index >= 15 is 0 Å². The molecule has 0 radical (unpaired) electrons. The maximum Gasteiger partial charge on any atom is 0.306 e. The van der Waals surface area contributed by atoms with Crippen LogP contribution in [0.5, 0.6) is 0 Å². The SMILES string of the molecule is CC/C=C\C/C=C\C/C=C\C/C=C\C/C=C\C/C=C\C/C=C\C/C=C\C/C=C\CCCCCCCC(=O)OC(COC(=O)CCCCCCCCCCCCCCCCCC/C=C\C/C=C\C/C=C\C/C=C\CC)COP(=O)([O-])OCC[N+](C)(C)C. The number of unbranched alkanes of at least 4 members (excludes halogenated alkanes) is 21. The van der Waals surface area contributed by atoms with E-state index in [1.165, 1.54) is 89.9 Å². The molecule has 2 unspecified atom stereocenters. The fraction of sp³-hybridized carbons (Fsp3) is 0.632. The Hall–Kier alpha value is -4.37. The standard InChI is InChI=1S/C76H126NO8P/c1-6-8-10-12-14-16-18-20-22-24-26-28-30-32-34-36-37-38-39-41-43-45-47-49-51-53-55-57-59-61-63-65-67-69-76(79)85-74(73-84-86(80,81)83-71-70-77(3,4)5)72-82-75(78)68-66-64-62-60-58-56-54-52-50-48-46-44-42-40-35-33-31-29-27-25-23-21-19-17-15-13-11-9-7-2/h8-11,14-17,20-23,26-29,32,34,37-38,41,43,47,49,53,55,74H,6-7,12-13,18-19,24-25,30-31,33,35-36,39-40,42,44-46,48,50-52,54,56-73H2,1-5H3/b10-8-,11-9-,16-14-,17-15-,22-20-,23-21-,28-26-,29-27-,34-32-,38-37-,43-41-,49-47-,55-53-. The zero-order valence-electron chi connectivity index (χ0n) is 55.4. The summed E-state index contributed by atoms with van der Waals surface area (Å²) in [6, 6.07) is 0. The van der Waals surface area contributed by atoms with E-state index in [-0.39, 0.29) is 26.1 Å². The number of carbonyl (C=O) groups is 2. The molecule has 0 fully saturated rings. The molecule has 0 heterocycles. The zero-order valence-corrected chi connectivity index (χ0v) is 56.3. The van der Waals surface area contributed by atoms with Crippen LogP contribution in [0.4, 0.5) is 0 Å². The lowest BCUT2D eigenvalue weighted by molar-refractivity contribution is -0.870. The van der Waals surface area contributed by atoms with Crippen LogP contribution in [0.25, 0.3) is 0 Å². The number of phosphoric ester groups is 1. The molecule has 0 amide bonds. The summed E-state index contributed by atoms with van der Waals surface area (Å²) in [5, 5.41) is 0. The minimum atomic E-state index is -4.66. The largest absolute Gasteiger partial charge is 0.756 e. The molecule has 0 rings (SSSR count). The highest BCUT2D eigenvalue weighted by atomic mass is 31.2. The van der Waals surface area contributed by atoms with E-state index < -0.39 is 32.5 Å². The van der Waals surface area contributed by atoms with Gasteiger partial charge in [-0.25, -0.2) is 0 Å². The second-order valence-electron chi connectivity index (χ2n) is 23.4. The second kappa shape index (κ2) is 65.1. The topological polar surface area (TPSA) is 111 Å². The molecule has 0 aliphatic heterocycles. The molecule has 0 aromatic heterocycles. The Morgan fingerprint density at radius 1 is 0.360 bits per heavy atom.